The summed E-state index contributed by atoms with van der Waals surface area (Å²) in [6, 6.07) is 0.340. The Kier molecular flexibility index (Phi) is 7.34. The second-order valence-corrected chi connectivity index (χ2v) is 4.03. The van der Waals surface area contributed by atoms with Crippen LogP contribution in [0, 0.1) is 5.92 Å². The van der Waals surface area contributed by atoms with E-state index in [-0.39, 0.29) is 5.92 Å². The summed E-state index contributed by atoms with van der Waals surface area (Å²) in [5.74, 6) is -1.05. The van der Waals surface area contributed by atoms with Crippen LogP contribution < -0.4 is 5.32 Å². The van der Waals surface area contributed by atoms with Crippen molar-refractivity contribution in [1.82, 2.24) is 10.2 Å². The van der Waals surface area contributed by atoms with Gasteiger partial charge in [-0.1, -0.05) is 20.8 Å². The SMILES string of the molecule is CCN(CC)CC(C)NCC(C)C(=O)O. The smallest absolute Gasteiger partial charge is 0.307 e. The predicted molar refractivity (Wildman–Crippen MR) is 62.1 cm³/mol. The summed E-state index contributed by atoms with van der Waals surface area (Å²) in [5.41, 5.74) is 0. The lowest BCUT2D eigenvalue weighted by molar-refractivity contribution is -0.140. The van der Waals surface area contributed by atoms with E-state index in [4.69, 9.17) is 5.11 Å². The third kappa shape index (κ3) is 6.47. The van der Waals surface area contributed by atoms with Gasteiger partial charge in [0, 0.05) is 19.1 Å². The zero-order valence-electron chi connectivity index (χ0n) is 10.3. The highest BCUT2D eigenvalue weighted by Gasteiger charge is 2.12. The Morgan fingerprint density at radius 1 is 1.33 bits per heavy atom. The molecule has 2 unspecified atom stereocenters. The highest BCUT2D eigenvalue weighted by atomic mass is 16.4. The van der Waals surface area contributed by atoms with Gasteiger partial charge in [0.15, 0.2) is 0 Å². The van der Waals surface area contributed by atoms with Crippen LogP contribution in [0.5, 0.6) is 0 Å². The lowest BCUT2D eigenvalue weighted by Gasteiger charge is -2.24. The van der Waals surface area contributed by atoms with E-state index in [1.165, 1.54) is 0 Å². The number of likely N-dealkylation sites (N-methyl/N-ethyl adjacent to an activating group) is 1. The summed E-state index contributed by atoms with van der Waals surface area (Å²) in [6.45, 7) is 11.7. The van der Waals surface area contributed by atoms with Crippen LogP contribution in [0.3, 0.4) is 0 Å². The predicted octanol–water partition coefficient (Wildman–Crippen LogP) is 1.03. The molecule has 0 amide bonds. The molecule has 15 heavy (non-hydrogen) atoms. The van der Waals surface area contributed by atoms with Gasteiger partial charge in [0.25, 0.3) is 0 Å². The number of nitrogens with zero attached hydrogens (tertiary/aromatic N) is 1. The summed E-state index contributed by atoms with van der Waals surface area (Å²) >= 11 is 0. The molecule has 0 fully saturated rings. The second-order valence-electron chi connectivity index (χ2n) is 4.03. The molecule has 0 aromatic heterocycles. The molecule has 0 spiro atoms. The Morgan fingerprint density at radius 3 is 2.27 bits per heavy atom. The molecule has 0 aromatic carbocycles. The Bertz CT molecular complexity index is 181. The summed E-state index contributed by atoms with van der Waals surface area (Å²) in [7, 11) is 0. The zero-order valence-corrected chi connectivity index (χ0v) is 10.3. The third-order valence-corrected chi connectivity index (χ3v) is 2.62. The van der Waals surface area contributed by atoms with Crippen molar-refractivity contribution in [3.05, 3.63) is 0 Å². The Labute approximate surface area is 92.7 Å². The Balaban J connectivity index is 3.73. The first-order chi connectivity index (χ1) is 7.01. The number of carboxylic acids is 1. The number of carboxylic acid groups (broad SMARTS) is 1. The van der Waals surface area contributed by atoms with Crippen LogP contribution in [-0.2, 0) is 4.79 Å². The van der Waals surface area contributed by atoms with E-state index in [1.807, 2.05) is 0 Å². The van der Waals surface area contributed by atoms with Crippen LogP contribution in [-0.4, -0.2) is 48.2 Å². The van der Waals surface area contributed by atoms with Crippen molar-refractivity contribution in [2.45, 2.75) is 33.7 Å². The molecule has 0 saturated carbocycles. The van der Waals surface area contributed by atoms with Crippen molar-refractivity contribution in [2.75, 3.05) is 26.2 Å². The van der Waals surface area contributed by atoms with Crippen molar-refractivity contribution in [1.29, 1.82) is 0 Å². The van der Waals surface area contributed by atoms with Crippen molar-refractivity contribution in [3.63, 3.8) is 0 Å². The first-order valence-electron chi connectivity index (χ1n) is 5.69. The quantitative estimate of drug-likeness (QED) is 0.636. The molecule has 0 heterocycles. The van der Waals surface area contributed by atoms with Crippen molar-refractivity contribution >= 4 is 5.97 Å². The van der Waals surface area contributed by atoms with Crippen LogP contribution in [0.2, 0.25) is 0 Å². The first kappa shape index (κ1) is 14.4. The minimum atomic E-state index is -0.738. The van der Waals surface area contributed by atoms with Crippen LogP contribution in [0.25, 0.3) is 0 Å². The third-order valence-electron chi connectivity index (χ3n) is 2.62. The van der Waals surface area contributed by atoms with Crippen molar-refractivity contribution in [2.24, 2.45) is 5.92 Å². The maximum atomic E-state index is 10.6. The van der Waals surface area contributed by atoms with Gasteiger partial charge in [-0.2, -0.15) is 0 Å². The summed E-state index contributed by atoms with van der Waals surface area (Å²) in [6.07, 6.45) is 0. The molecule has 0 saturated heterocycles. The van der Waals surface area contributed by atoms with E-state index in [0.717, 1.165) is 19.6 Å². The van der Waals surface area contributed by atoms with E-state index < -0.39 is 5.97 Å². The van der Waals surface area contributed by atoms with Crippen LogP contribution in [0.1, 0.15) is 27.7 Å². The van der Waals surface area contributed by atoms with Gasteiger partial charge in [0.1, 0.15) is 0 Å². The zero-order chi connectivity index (χ0) is 11.8. The largest absolute Gasteiger partial charge is 0.481 e. The number of carbonyl (C=O) groups is 1. The lowest BCUT2D eigenvalue weighted by atomic mass is 10.1. The molecular formula is C11H24N2O2. The van der Waals surface area contributed by atoms with E-state index in [2.05, 4.69) is 31.0 Å². The molecule has 2 atom stereocenters. The summed E-state index contributed by atoms with van der Waals surface area (Å²) < 4.78 is 0. The molecule has 4 heteroatoms. The minimum Gasteiger partial charge on any atom is -0.481 e. The van der Waals surface area contributed by atoms with Crippen LogP contribution in [0.15, 0.2) is 0 Å². The first-order valence-corrected chi connectivity index (χ1v) is 5.69. The molecule has 0 rings (SSSR count). The molecule has 0 aliphatic heterocycles. The molecular weight excluding hydrogens is 192 g/mol. The van der Waals surface area contributed by atoms with Crippen LogP contribution >= 0.6 is 0 Å². The number of hydrogen-bond donors (Lipinski definition) is 2. The average molecular weight is 216 g/mol. The van der Waals surface area contributed by atoms with Gasteiger partial charge in [0.2, 0.25) is 0 Å². The number of hydrogen-bond acceptors (Lipinski definition) is 3. The van der Waals surface area contributed by atoms with Gasteiger partial charge in [-0.05, 0) is 20.0 Å². The fourth-order valence-corrected chi connectivity index (χ4v) is 1.40. The fraction of sp³-hybridized carbons (Fsp3) is 0.909. The molecule has 0 aromatic rings. The molecule has 0 radical (unpaired) electrons. The normalized spacial score (nSPS) is 15.3. The molecule has 2 N–H and O–H groups in total. The lowest BCUT2D eigenvalue weighted by Crippen LogP contribution is -2.41. The van der Waals surface area contributed by atoms with E-state index in [0.29, 0.717) is 12.6 Å². The van der Waals surface area contributed by atoms with Gasteiger partial charge in [0.05, 0.1) is 5.92 Å². The second kappa shape index (κ2) is 7.65. The monoisotopic (exact) mass is 216 g/mol. The van der Waals surface area contributed by atoms with E-state index in [9.17, 15) is 4.79 Å². The number of nitrogens with one attached hydrogen (secondary N) is 1. The molecule has 4 nitrogen and oxygen atoms in total. The van der Waals surface area contributed by atoms with Gasteiger partial charge < -0.3 is 15.3 Å². The maximum absolute atomic E-state index is 10.6. The van der Waals surface area contributed by atoms with Crippen molar-refractivity contribution in [3.8, 4) is 0 Å². The fourth-order valence-electron chi connectivity index (χ4n) is 1.40. The topological polar surface area (TPSA) is 52.6 Å². The van der Waals surface area contributed by atoms with Gasteiger partial charge in [-0.15, -0.1) is 0 Å². The summed E-state index contributed by atoms with van der Waals surface area (Å²) in [5, 5.41) is 12.0. The van der Waals surface area contributed by atoms with Gasteiger partial charge in [-0.25, -0.2) is 0 Å². The highest BCUT2D eigenvalue weighted by Crippen LogP contribution is 1.95. The summed E-state index contributed by atoms with van der Waals surface area (Å²) in [4.78, 5) is 12.9. The van der Waals surface area contributed by atoms with Crippen molar-refractivity contribution < 1.29 is 9.90 Å². The average Bonchev–Trinajstić information content (AvgIpc) is 2.22. The van der Waals surface area contributed by atoms with E-state index in [1.54, 1.807) is 6.92 Å². The van der Waals surface area contributed by atoms with Gasteiger partial charge >= 0.3 is 5.97 Å². The maximum Gasteiger partial charge on any atom is 0.307 e. The highest BCUT2D eigenvalue weighted by molar-refractivity contribution is 5.69. The molecule has 0 aliphatic rings. The molecule has 90 valence electrons. The number of rotatable bonds is 8. The Hall–Kier alpha value is -0.610. The molecule has 0 aliphatic carbocycles. The van der Waals surface area contributed by atoms with Crippen LogP contribution in [0.4, 0.5) is 0 Å². The Morgan fingerprint density at radius 2 is 1.87 bits per heavy atom. The minimum absolute atomic E-state index is 0.316. The van der Waals surface area contributed by atoms with E-state index >= 15 is 0 Å². The number of aliphatic carboxylic acids is 1. The standard InChI is InChI=1S/C11H24N2O2/c1-5-13(6-2)8-10(4)12-7-9(3)11(14)15/h9-10,12H,5-8H2,1-4H3,(H,14,15). The molecule has 0 bridgehead atoms. The van der Waals surface area contributed by atoms with Gasteiger partial charge in [-0.3, -0.25) is 4.79 Å².